The molecule has 0 aromatic heterocycles. The Balaban J connectivity index is 1.87. The van der Waals surface area contributed by atoms with Crippen molar-refractivity contribution in [2.75, 3.05) is 26.4 Å². The fourth-order valence-corrected chi connectivity index (χ4v) is 3.55. The van der Waals surface area contributed by atoms with Gasteiger partial charge >= 0.3 is 11.9 Å². The zero-order chi connectivity index (χ0) is 22.6. The van der Waals surface area contributed by atoms with E-state index in [9.17, 15) is 9.59 Å². The average Bonchev–Trinajstić information content (AvgIpc) is 2.76. The monoisotopic (exact) mass is 442 g/mol. The lowest BCUT2D eigenvalue weighted by Gasteiger charge is -2.12. The molecule has 7 heteroatoms. The van der Waals surface area contributed by atoms with Crippen molar-refractivity contribution in [3.63, 3.8) is 0 Å². The molecule has 0 saturated carbocycles. The molecule has 31 heavy (non-hydrogen) atoms. The van der Waals surface area contributed by atoms with Crippen molar-refractivity contribution in [1.82, 2.24) is 0 Å². The molecule has 0 radical (unpaired) electrons. The minimum absolute atomic E-state index is 0.172. The third-order valence-electron chi connectivity index (χ3n) is 4.03. The normalized spacial score (nSPS) is 10.1. The molecule has 0 aliphatic rings. The van der Waals surface area contributed by atoms with Gasteiger partial charge in [-0.2, -0.15) is 0 Å². The molecule has 0 atom stereocenters. The fourth-order valence-electron chi connectivity index (χ4n) is 2.54. The van der Waals surface area contributed by atoms with Gasteiger partial charge in [-0.3, -0.25) is 0 Å². The maximum absolute atomic E-state index is 11.0. The predicted molar refractivity (Wildman–Crippen MR) is 120 cm³/mol. The van der Waals surface area contributed by atoms with Crippen molar-refractivity contribution < 1.29 is 28.5 Å². The Morgan fingerprint density at radius 3 is 1.55 bits per heavy atom. The number of ether oxygens (including phenoxy) is 4. The highest BCUT2D eigenvalue weighted by molar-refractivity contribution is 7.99. The first-order valence-corrected chi connectivity index (χ1v) is 10.5. The van der Waals surface area contributed by atoms with Crippen molar-refractivity contribution in [1.29, 1.82) is 0 Å². The number of carbonyl (C=O) groups excluding carboxylic acids is 2. The number of hydrogen-bond donors (Lipinski definition) is 0. The summed E-state index contributed by atoms with van der Waals surface area (Å²) in [5, 5.41) is 0. The van der Waals surface area contributed by atoms with E-state index in [1.807, 2.05) is 50.2 Å². The van der Waals surface area contributed by atoms with Gasteiger partial charge in [0.05, 0.1) is 0 Å². The van der Waals surface area contributed by atoms with Crippen molar-refractivity contribution in [2.24, 2.45) is 0 Å². The van der Waals surface area contributed by atoms with Crippen LogP contribution in [0.4, 0.5) is 0 Å². The first kappa shape index (κ1) is 24.1. The van der Waals surface area contributed by atoms with Crippen LogP contribution < -0.4 is 9.47 Å². The molecule has 0 heterocycles. The second kappa shape index (κ2) is 12.5. The Morgan fingerprint density at radius 1 is 0.774 bits per heavy atom. The second-order valence-electron chi connectivity index (χ2n) is 6.40. The third kappa shape index (κ3) is 8.22. The number of carbonyl (C=O) groups is 2. The molecule has 0 aliphatic carbocycles. The summed E-state index contributed by atoms with van der Waals surface area (Å²) in [7, 11) is 0. The van der Waals surface area contributed by atoms with Gasteiger partial charge < -0.3 is 18.9 Å². The molecular formula is C24H26O6S. The van der Waals surface area contributed by atoms with Crippen LogP contribution in [-0.2, 0) is 19.1 Å². The lowest BCUT2D eigenvalue weighted by Crippen LogP contribution is -2.10. The van der Waals surface area contributed by atoms with Crippen LogP contribution in [0.5, 0.6) is 11.5 Å². The van der Waals surface area contributed by atoms with Gasteiger partial charge in [-0.15, -0.1) is 0 Å². The Morgan fingerprint density at radius 2 is 1.19 bits per heavy atom. The minimum atomic E-state index is -0.463. The van der Waals surface area contributed by atoms with E-state index >= 15 is 0 Å². The quantitative estimate of drug-likeness (QED) is 0.269. The van der Waals surface area contributed by atoms with Crippen LogP contribution in [0, 0.1) is 13.8 Å². The standard InChI is InChI=1S/C24H26O6S/c1-5-23(25)29-13-11-27-21-9-7-19(15-17(21)3)31-20-8-10-22(18(4)16-20)28-12-14-30-24(26)6-2/h5-10,15-16H,1-2,11-14H2,3-4H3. The number of benzene rings is 2. The van der Waals surface area contributed by atoms with Crippen LogP contribution in [0.15, 0.2) is 71.5 Å². The molecule has 2 rings (SSSR count). The molecule has 0 fully saturated rings. The van der Waals surface area contributed by atoms with Gasteiger partial charge in [0.2, 0.25) is 0 Å². The SMILES string of the molecule is C=CC(=O)OCCOc1ccc(Sc2ccc(OCCOC(=O)C=C)c(C)c2)cc1C. The van der Waals surface area contributed by atoms with E-state index in [0.717, 1.165) is 44.6 Å². The molecule has 0 amide bonds. The molecule has 6 nitrogen and oxygen atoms in total. The topological polar surface area (TPSA) is 71.1 Å². The molecule has 0 unspecified atom stereocenters. The van der Waals surface area contributed by atoms with Gasteiger partial charge in [-0.05, 0) is 61.4 Å². The molecule has 0 saturated heterocycles. The van der Waals surface area contributed by atoms with Crippen molar-refractivity contribution in [2.45, 2.75) is 23.6 Å². The zero-order valence-corrected chi connectivity index (χ0v) is 18.5. The van der Waals surface area contributed by atoms with Gasteiger partial charge in [-0.25, -0.2) is 9.59 Å². The van der Waals surface area contributed by atoms with Gasteiger partial charge in [0.25, 0.3) is 0 Å². The molecular weight excluding hydrogens is 416 g/mol. The van der Waals surface area contributed by atoms with Crippen LogP contribution >= 0.6 is 11.8 Å². The smallest absolute Gasteiger partial charge is 0.330 e. The highest BCUT2D eigenvalue weighted by atomic mass is 32.2. The van der Waals surface area contributed by atoms with Crippen molar-refractivity contribution >= 4 is 23.7 Å². The van der Waals surface area contributed by atoms with Crippen molar-refractivity contribution in [3.8, 4) is 11.5 Å². The van der Waals surface area contributed by atoms with Crippen LogP contribution in [-0.4, -0.2) is 38.4 Å². The minimum Gasteiger partial charge on any atom is -0.490 e. The van der Waals surface area contributed by atoms with E-state index in [4.69, 9.17) is 18.9 Å². The molecule has 0 aliphatic heterocycles. The lowest BCUT2D eigenvalue weighted by molar-refractivity contribution is -0.139. The van der Waals surface area contributed by atoms with Crippen LogP contribution in [0.25, 0.3) is 0 Å². The number of esters is 2. The summed E-state index contributed by atoms with van der Waals surface area (Å²) < 4.78 is 21.1. The first-order chi connectivity index (χ1) is 14.9. The summed E-state index contributed by atoms with van der Waals surface area (Å²) in [6.45, 7) is 11.5. The first-order valence-electron chi connectivity index (χ1n) is 9.66. The average molecular weight is 443 g/mol. The molecule has 2 aromatic carbocycles. The summed E-state index contributed by atoms with van der Waals surface area (Å²) in [6, 6.07) is 11.9. The Bertz CT molecular complexity index is 862. The Labute approximate surface area is 186 Å². The number of hydrogen-bond acceptors (Lipinski definition) is 7. The molecule has 164 valence electrons. The van der Waals surface area contributed by atoms with Gasteiger partial charge in [0.1, 0.15) is 37.9 Å². The summed E-state index contributed by atoms with van der Waals surface area (Å²) in [4.78, 5) is 24.2. The van der Waals surface area contributed by atoms with E-state index in [1.165, 1.54) is 0 Å². The number of rotatable bonds is 12. The molecule has 0 N–H and O–H groups in total. The maximum atomic E-state index is 11.0. The largest absolute Gasteiger partial charge is 0.490 e. The summed E-state index contributed by atoms with van der Waals surface area (Å²) in [6.07, 6.45) is 2.25. The van der Waals surface area contributed by atoms with E-state index in [-0.39, 0.29) is 26.4 Å². The van der Waals surface area contributed by atoms with Gasteiger partial charge in [-0.1, -0.05) is 24.9 Å². The Hall–Kier alpha value is -3.19. The van der Waals surface area contributed by atoms with Crippen molar-refractivity contribution in [3.05, 3.63) is 72.8 Å². The number of aryl methyl sites for hydroxylation is 2. The highest BCUT2D eigenvalue weighted by Gasteiger charge is 2.07. The van der Waals surface area contributed by atoms with E-state index in [0.29, 0.717) is 0 Å². The van der Waals surface area contributed by atoms with E-state index in [2.05, 4.69) is 13.2 Å². The fraction of sp³-hybridized carbons (Fsp3) is 0.250. The second-order valence-corrected chi connectivity index (χ2v) is 7.54. The third-order valence-corrected chi connectivity index (χ3v) is 5.01. The highest BCUT2D eigenvalue weighted by Crippen LogP contribution is 2.33. The summed E-state index contributed by atoms with van der Waals surface area (Å²) in [5.41, 5.74) is 1.98. The maximum Gasteiger partial charge on any atom is 0.330 e. The van der Waals surface area contributed by atoms with E-state index in [1.54, 1.807) is 11.8 Å². The van der Waals surface area contributed by atoms with Gasteiger partial charge in [0.15, 0.2) is 0 Å². The summed E-state index contributed by atoms with van der Waals surface area (Å²) in [5.74, 6) is 0.567. The predicted octanol–water partition coefficient (Wildman–Crippen LogP) is 4.67. The van der Waals surface area contributed by atoms with Gasteiger partial charge in [0, 0.05) is 21.9 Å². The van der Waals surface area contributed by atoms with Crippen LogP contribution in [0.1, 0.15) is 11.1 Å². The lowest BCUT2D eigenvalue weighted by atomic mass is 10.2. The van der Waals surface area contributed by atoms with E-state index < -0.39 is 11.9 Å². The molecule has 0 spiro atoms. The molecule has 2 aromatic rings. The molecule has 0 bridgehead atoms. The Kier molecular flexibility index (Phi) is 9.71. The summed E-state index contributed by atoms with van der Waals surface area (Å²) >= 11 is 1.63. The zero-order valence-electron chi connectivity index (χ0n) is 17.7. The van der Waals surface area contributed by atoms with Crippen LogP contribution in [0.3, 0.4) is 0 Å². The van der Waals surface area contributed by atoms with Crippen LogP contribution in [0.2, 0.25) is 0 Å².